The van der Waals surface area contributed by atoms with Crippen molar-refractivity contribution in [3.63, 3.8) is 0 Å². The van der Waals surface area contributed by atoms with Gasteiger partial charge in [-0.1, -0.05) is 45.1 Å². The van der Waals surface area contributed by atoms with Gasteiger partial charge in [-0.2, -0.15) is 0 Å². The maximum absolute atomic E-state index is 12.8. The molecule has 0 bridgehead atoms. The summed E-state index contributed by atoms with van der Waals surface area (Å²) in [5, 5.41) is 12.6. The highest BCUT2D eigenvalue weighted by Gasteiger charge is 2.23. The molecular weight excluding hydrogens is 306 g/mol. The maximum atomic E-state index is 12.8. The van der Waals surface area contributed by atoms with Gasteiger partial charge >= 0.3 is 0 Å². The molecule has 0 spiro atoms. The van der Waals surface area contributed by atoms with Crippen LogP contribution in [0.4, 0.5) is 5.69 Å². The van der Waals surface area contributed by atoms with E-state index in [9.17, 15) is 14.9 Å². The van der Waals surface area contributed by atoms with E-state index in [1.54, 1.807) is 17.1 Å². The van der Waals surface area contributed by atoms with Crippen molar-refractivity contribution >= 4 is 11.6 Å². The number of nitrogens with one attached hydrogen (secondary N) is 1. The van der Waals surface area contributed by atoms with E-state index in [1.165, 1.54) is 25.0 Å². The van der Waals surface area contributed by atoms with Gasteiger partial charge in [0, 0.05) is 30.3 Å². The van der Waals surface area contributed by atoms with Gasteiger partial charge in [0.15, 0.2) is 0 Å². The number of nitro groups is 1. The second-order valence-electron chi connectivity index (χ2n) is 6.44. The zero-order valence-electron chi connectivity index (χ0n) is 14.4. The van der Waals surface area contributed by atoms with Gasteiger partial charge in [-0.15, -0.1) is 0 Å². The fraction of sp³-hybridized carbons (Fsp3) is 0.611. The van der Waals surface area contributed by atoms with Crippen LogP contribution >= 0.6 is 0 Å². The Kier molecular flexibility index (Phi) is 7.18. The Hall–Kier alpha value is -1.95. The van der Waals surface area contributed by atoms with E-state index in [4.69, 9.17) is 0 Å². The lowest BCUT2D eigenvalue weighted by molar-refractivity contribution is -0.384. The Balaban J connectivity index is 2.06. The Labute approximate surface area is 143 Å². The van der Waals surface area contributed by atoms with Crippen molar-refractivity contribution < 1.29 is 9.72 Å². The highest BCUT2D eigenvalue weighted by atomic mass is 16.6. The van der Waals surface area contributed by atoms with Crippen LogP contribution in [-0.4, -0.2) is 28.4 Å². The third-order valence-electron chi connectivity index (χ3n) is 4.48. The average molecular weight is 333 g/mol. The van der Waals surface area contributed by atoms with Gasteiger partial charge in [-0.05, 0) is 25.3 Å². The first-order valence-electron chi connectivity index (χ1n) is 8.94. The van der Waals surface area contributed by atoms with Crippen molar-refractivity contribution in [1.29, 1.82) is 0 Å². The number of hydrogen-bond acceptors (Lipinski definition) is 4. The molecule has 1 saturated carbocycles. The molecule has 0 radical (unpaired) electrons. The second kappa shape index (κ2) is 9.37. The van der Waals surface area contributed by atoms with Crippen LogP contribution in [0.25, 0.3) is 0 Å². The number of rotatable bonds is 9. The van der Waals surface area contributed by atoms with Crippen molar-refractivity contribution in [2.24, 2.45) is 0 Å². The van der Waals surface area contributed by atoms with Crippen LogP contribution in [0.1, 0.15) is 68.6 Å². The number of unbranched alkanes of at least 4 members (excludes halogenated alkanes) is 3. The van der Waals surface area contributed by atoms with Gasteiger partial charge in [-0.3, -0.25) is 19.9 Å². The molecule has 132 valence electrons. The third kappa shape index (κ3) is 5.30. The molecule has 1 aromatic carbocycles. The average Bonchev–Trinajstić information content (AvgIpc) is 3.10. The summed E-state index contributed by atoms with van der Waals surface area (Å²) in [6.07, 6.45) is 8.85. The van der Waals surface area contributed by atoms with E-state index in [2.05, 4.69) is 12.3 Å². The van der Waals surface area contributed by atoms with Crippen LogP contribution in [0, 0.1) is 10.1 Å². The number of hydrogen-bond donors (Lipinski definition) is 1. The van der Waals surface area contributed by atoms with Crippen LogP contribution in [0.3, 0.4) is 0 Å². The predicted octanol–water partition coefficient (Wildman–Crippen LogP) is 4.06. The maximum Gasteiger partial charge on any atom is 0.270 e. The summed E-state index contributed by atoms with van der Waals surface area (Å²) in [6.45, 7) is 2.79. The first-order valence-corrected chi connectivity index (χ1v) is 8.94. The zero-order chi connectivity index (χ0) is 17.4. The zero-order valence-corrected chi connectivity index (χ0v) is 14.4. The fourth-order valence-electron chi connectivity index (χ4n) is 3.11. The predicted molar refractivity (Wildman–Crippen MR) is 93.7 cm³/mol. The van der Waals surface area contributed by atoms with Gasteiger partial charge in [-0.25, -0.2) is 5.43 Å². The first-order chi connectivity index (χ1) is 11.6. The quantitative estimate of drug-likeness (QED) is 0.420. The van der Waals surface area contributed by atoms with Crippen molar-refractivity contribution in [2.75, 3.05) is 6.54 Å². The van der Waals surface area contributed by atoms with Crippen LogP contribution in [0.15, 0.2) is 24.3 Å². The molecule has 0 aromatic heterocycles. The SMILES string of the molecule is CCCCCCN(NC1CCCC1)C(=O)c1cccc([N+](=O)[O-])c1. The Morgan fingerprint density at radius 3 is 2.71 bits per heavy atom. The van der Waals surface area contributed by atoms with Crippen molar-refractivity contribution in [3.05, 3.63) is 39.9 Å². The molecule has 0 unspecified atom stereocenters. The highest BCUT2D eigenvalue weighted by Crippen LogP contribution is 2.20. The minimum atomic E-state index is -0.466. The molecule has 0 saturated heterocycles. The second-order valence-corrected chi connectivity index (χ2v) is 6.44. The lowest BCUT2D eigenvalue weighted by atomic mass is 10.1. The minimum Gasteiger partial charge on any atom is -0.274 e. The number of amides is 1. The normalized spacial score (nSPS) is 14.7. The van der Waals surface area contributed by atoms with Crippen LogP contribution in [0.5, 0.6) is 0 Å². The monoisotopic (exact) mass is 333 g/mol. The van der Waals surface area contributed by atoms with E-state index < -0.39 is 4.92 Å². The van der Waals surface area contributed by atoms with Gasteiger partial charge < -0.3 is 0 Å². The number of hydrazine groups is 1. The summed E-state index contributed by atoms with van der Waals surface area (Å²) >= 11 is 0. The lowest BCUT2D eigenvalue weighted by Gasteiger charge is -2.27. The fourth-order valence-corrected chi connectivity index (χ4v) is 3.11. The van der Waals surface area contributed by atoms with E-state index in [0.717, 1.165) is 38.5 Å². The summed E-state index contributed by atoms with van der Waals surface area (Å²) in [6, 6.07) is 6.31. The number of non-ortho nitro benzene ring substituents is 1. The molecule has 0 atom stereocenters. The molecule has 6 heteroatoms. The first kappa shape index (κ1) is 18.4. The third-order valence-corrected chi connectivity index (χ3v) is 4.48. The number of carbonyl (C=O) groups is 1. The van der Waals surface area contributed by atoms with Crippen LogP contribution in [0.2, 0.25) is 0 Å². The molecule has 1 aromatic rings. The summed E-state index contributed by atoms with van der Waals surface area (Å²) in [7, 11) is 0. The van der Waals surface area contributed by atoms with Crippen LogP contribution in [-0.2, 0) is 0 Å². The van der Waals surface area contributed by atoms with Gasteiger partial charge in [0.25, 0.3) is 11.6 Å². The van der Waals surface area contributed by atoms with Crippen molar-refractivity contribution in [1.82, 2.24) is 10.4 Å². The van der Waals surface area contributed by atoms with E-state index in [1.807, 2.05) is 0 Å². The van der Waals surface area contributed by atoms with Crippen molar-refractivity contribution in [3.8, 4) is 0 Å². The molecule has 1 aliphatic rings. The Bertz CT molecular complexity index is 556. The summed E-state index contributed by atoms with van der Waals surface area (Å²) in [5.41, 5.74) is 3.67. The molecule has 1 N–H and O–H groups in total. The molecule has 6 nitrogen and oxygen atoms in total. The molecule has 1 amide bonds. The minimum absolute atomic E-state index is 0.0485. The van der Waals surface area contributed by atoms with Gasteiger partial charge in [0.05, 0.1) is 4.92 Å². The number of benzene rings is 1. The van der Waals surface area contributed by atoms with Crippen molar-refractivity contribution in [2.45, 2.75) is 64.3 Å². The Morgan fingerprint density at radius 2 is 2.04 bits per heavy atom. The molecule has 2 rings (SSSR count). The van der Waals surface area contributed by atoms with Gasteiger partial charge in [0.2, 0.25) is 0 Å². The highest BCUT2D eigenvalue weighted by molar-refractivity contribution is 5.94. The van der Waals surface area contributed by atoms with E-state index in [0.29, 0.717) is 18.2 Å². The van der Waals surface area contributed by atoms with Crippen LogP contribution < -0.4 is 5.43 Å². The smallest absolute Gasteiger partial charge is 0.270 e. The molecule has 0 aliphatic heterocycles. The standard InChI is InChI=1S/C18H27N3O3/c1-2-3-4-7-13-20(19-16-10-5-6-11-16)18(22)15-9-8-12-17(14-15)21(23)24/h8-9,12,14,16,19H,2-7,10-11,13H2,1H3. The van der Waals surface area contributed by atoms with E-state index in [-0.39, 0.29) is 11.6 Å². The molecule has 1 fully saturated rings. The topological polar surface area (TPSA) is 75.5 Å². The number of nitro benzene ring substituents is 1. The summed E-state index contributed by atoms with van der Waals surface area (Å²) in [4.78, 5) is 23.3. The van der Waals surface area contributed by atoms with Gasteiger partial charge in [0.1, 0.15) is 0 Å². The molecule has 0 heterocycles. The molecule has 24 heavy (non-hydrogen) atoms. The summed E-state index contributed by atoms with van der Waals surface area (Å²) < 4.78 is 0. The molecule has 1 aliphatic carbocycles. The van der Waals surface area contributed by atoms with E-state index >= 15 is 0 Å². The Morgan fingerprint density at radius 1 is 1.29 bits per heavy atom. The summed E-state index contributed by atoms with van der Waals surface area (Å²) in [5.74, 6) is -0.179. The molecular formula is C18H27N3O3. The number of nitrogens with zero attached hydrogens (tertiary/aromatic N) is 2. The largest absolute Gasteiger partial charge is 0.274 e. The lowest BCUT2D eigenvalue weighted by Crippen LogP contribution is -2.47. The number of carbonyl (C=O) groups excluding carboxylic acids is 1.